The monoisotopic (exact) mass is 337 g/mol. The van der Waals surface area contributed by atoms with Gasteiger partial charge in [-0.3, -0.25) is 4.18 Å². The quantitative estimate of drug-likeness (QED) is 0.817. The van der Waals surface area contributed by atoms with Crippen LogP contribution in [0.4, 0.5) is 4.79 Å². The van der Waals surface area contributed by atoms with E-state index in [1.165, 1.54) is 4.90 Å². The first kappa shape index (κ1) is 17.8. The van der Waals surface area contributed by atoms with Gasteiger partial charge >= 0.3 is 16.5 Å². The summed E-state index contributed by atoms with van der Waals surface area (Å²) in [7, 11) is -1.89. The second-order valence-electron chi connectivity index (χ2n) is 4.61. The summed E-state index contributed by atoms with van der Waals surface area (Å²) in [6.07, 6.45) is 2.85. The maximum atomic E-state index is 11.4. The fourth-order valence-electron chi connectivity index (χ4n) is 1.30. The van der Waals surface area contributed by atoms with Gasteiger partial charge in [-0.15, -0.1) is 0 Å². The Morgan fingerprint density at radius 2 is 1.62 bits per heavy atom. The smallest absolute Gasteiger partial charge is 0.410 e. The number of carbonyl (C=O) groups excluding carboxylic acids is 1. The van der Waals surface area contributed by atoms with E-state index in [1.807, 2.05) is 0 Å². The summed E-state index contributed by atoms with van der Waals surface area (Å²) in [4.78, 5) is 13.4. The lowest BCUT2D eigenvalue weighted by atomic mass is 10.3. The van der Waals surface area contributed by atoms with Crippen LogP contribution in [0.3, 0.4) is 0 Å². The van der Waals surface area contributed by atoms with Crippen molar-refractivity contribution in [2.75, 3.05) is 33.7 Å². The zero-order valence-electron chi connectivity index (χ0n) is 12.5. The summed E-state index contributed by atoms with van der Waals surface area (Å²) in [6, 6.07) is 6.46. The number of benzene rings is 1. The van der Waals surface area contributed by atoms with Crippen molar-refractivity contribution in [3.05, 3.63) is 24.3 Å². The first-order valence-electron chi connectivity index (χ1n) is 5.81. The molecule has 9 heteroatoms. The molecule has 0 aliphatic carbocycles. The molecule has 0 atom stereocenters. The number of ether oxygens (including phenoxy) is 1. The summed E-state index contributed by atoms with van der Waals surface area (Å²) in [6.45, 7) is 0. The van der Waals surface area contributed by atoms with Gasteiger partial charge in [0.1, 0.15) is 5.75 Å². The number of amides is 1. The van der Waals surface area contributed by atoms with Crippen LogP contribution in [0.2, 0.25) is 0 Å². The van der Waals surface area contributed by atoms with Crippen LogP contribution in [0.5, 0.6) is 5.75 Å². The molecule has 0 bridgehead atoms. The third-order valence-electron chi connectivity index (χ3n) is 2.42. The third kappa shape index (κ3) is 5.20. The zero-order valence-corrected chi connectivity index (χ0v) is 14.2. The molecule has 1 rings (SSSR count). The Kier molecular flexibility index (Phi) is 5.62. The van der Waals surface area contributed by atoms with Gasteiger partial charge in [0.25, 0.3) is 0 Å². The highest BCUT2D eigenvalue weighted by atomic mass is 32.3. The number of nitrogens with zero attached hydrogens (tertiary/aromatic N) is 1. The molecule has 0 unspecified atom stereocenters. The van der Waals surface area contributed by atoms with Gasteiger partial charge < -0.3 is 9.64 Å². The van der Waals surface area contributed by atoms with E-state index in [4.69, 9.17) is 8.37 Å². The average Bonchev–Trinajstić information content (AvgIpc) is 2.38. The molecule has 1 aromatic rings. The van der Waals surface area contributed by atoms with E-state index in [1.54, 1.807) is 50.9 Å². The van der Waals surface area contributed by atoms with Crippen molar-refractivity contribution in [2.45, 2.75) is 4.90 Å². The van der Waals surface area contributed by atoms with Crippen LogP contribution < -0.4 is 4.74 Å². The van der Waals surface area contributed by atoms with Gasteiger partial charge in [0, 0.05) is 19.0 Å². The predicted octanol–water partition coefficient (Wildman–Crippen LogP) is 1.99. The van der Waals surface area contributed by atoms with E-state index in [0.29, 0.717) is 10.6 Å². The highest BCUT2D eigenvalue weighted by Crippen LogP contribution is 2.51. The van der Waals surface area contributed by atoms with Crippen LogP contribution in [0.25, 0.3) is 0 Å². The van der Waals surface area contributed by atoms with E-state index in [2.05, 4.69) is 4.18 Å². The van der Waals surface area contributed by atoms with Gasteiger partial charge in [-0.05, 0) is 36.8 Å². The molecule has 0 radical (unpaired) electrons. The highest BCUT2D eigenvalue weighted by Gasteiger charge is 2.24. The minimum Gasteiger partial charge on any atom is -0.410 e. The van der Waals surface area contributed by atoms with Gasteiger partial charge in [0.05, 0.1) is 7.11 Å². The number of hydrogen-bond donors (Lipinski definition) is 0. The maximum Gasteiger partial charge on any atom is 0.414 e. The van der Waals surface area contributed by atoms with Crippen molar-refractivity contribution in [1.29, 1.82) is 0 Å². The molecule has 0 spiro atoms. The van der Waals surface area contributed by atoms with Crippen LogP contribution in [0.15, 0.2) is 29.2 Å². The van der Waals surface area contributed by atoms with Crippen molar-refractivity contribution in [2.24, 2.45) is 0 Å². The Balaban J connectivity index is 2.89. The Hall–Kier alpha value is -1.29. The molecule has 0 fully saturated rings. The first-order chi connectivity index (χ1) is 9.57. The maximum absolute atomic E-state index is 11.4. The lowest BCUT2D eigenvalue weighted by molar-refractivity contribution is 0.172. The van der Waals surface area contributed by atoms with Gasteiger partial charge in [-0.1, -0.05) is 10.3 Å². The summed E-state index contributed by atoms with van der Waals surface area (Å²) in [5.41, 5.74) is 0. The minimum atomic E-state index is -4.02. The van der Waals surface area contributed by atoms with Gasteiger partial charge in [0.15, 0.2) is 0 Å². The molecular formula is C12H19NO6S2. The first-order valence-corrected chi connectivity index (χ1v) is 9.52. The van der Waals surface area contributed by atoms with Gasteiger partial charge in [-0.25, -0.2) is 4.79 Å². The molecule has 0 N–H and O–H groups in total. The molecule has 0 heterocycles. The largest absolute Gasteiger partial charge is 0.414 e. The molecule has 0 saturated heterocycles. The van der Waals surface area contributed by atoms with Gasteiger partial charge in [-0.2, -0.15) is 12.0 Å². The lowest BCUT2D eigenvalue weighted by Crippen LogP contribution is -2.25. The fourth-order valence-corrected chi connectivity index (χ4v) is 4.30. The Morgan fingerprint density at radius 3 is 2.05 bits per heavy atom. The number of carbonyl (C=O) groups is 1. The Labute approximate surface area is 126 Å². The van der Waals surface area contributed by atoms with Crippen LogP contribution in [0, 0.1) is 0 Å². The summed E-state index contributed by atoms with van der Waals surface area (Å²) in [5, 5.41) is 0. The Morgan fingerprint density at radius 1 is 1.10 bits per heavy atom. The van der Waals surface area contributed by atoms with Crippen molar-refractivity contribution >= 4 is 26.8 Å². The molecule has 0 saturated carbocycles. The van der Waals surface area contributed by atoms with E-state index < -0.39 is 26.8 Å². The second kappa shape index (κ2) is 6.65. The zero-order chi connectivity index (χ0) is 16.3. The van der Waals surface area contributed by atoms with Crippen molar-refractivity contribution in [1.82, 2.24) is 4.90 Å². The molecule has 0 aromatic heterocycles. The van der Waals surface area contributed by atoms with E-state index >= 15 is 0 Å². The topological polar surface area (TPSA) is 82.1 Å². The molecular weight excluding hydrogens is 318 g/mol. The van der Waals surface area contributed by atoms with Crippen LogP contribution in [0.1, 0.15) is 0 Å². The lowest BCUT2D eigenvalue weighted by Gasteiger charge is -2.29. The standard InChI is InChI=1S/C12H19NO6S2/c1-13(2)12(14)18-10-6-8-11(9-7-10)20(4,5)19-21(15,16)17-3/h6-9H,1-5H3. The average molecular weight is 337 g/mol. The summed E-state index contributed by atoms with van der Waals surface area (Å²) in [5.74, 6) is 0.363. The fraction of sp³-hybridized carbons (Fsp3) is 0.417. The predicted molar refractivity (Wildman–Crippen MR) is 80.9 cm³/mol. The number of hydrogen-bond acceptors (Lipinski definition) is 6. The van der Waals surface area contributed by atoms with Crippen LogP contribution in [-0.4, -0.2) is 53.1 Å². The normalized spacial score (nSPS) is 12.8. The second-order valence-corrected chi connectivity index (χ2v) is 9.24. The minimum absolute atomic E-state index is 0.363. The molecule has 1 amide bonds. The van der Waals surface area contributed by atoms with Crippen LogP contribution in [-0.2, 0) is 18.2 Å². The molecule has 0 aliphatic rings. The summed E-state index contributed by atoms with van der Waals surface area (Å²) < 4.78 is 37.2. The van der Waals surface area contributed by atoms with E-state index in [-0.39, 0.29) is 0 Å². The molecule has 0 aliphatic heterocycles. The number of rotatable bonds is 5. The summed E-state index contributed by atoms with van der Waals surface area (Å²) >= 11 is 0. The highest BCUT2D eigenvalue weighted by molar-refractivity contribution is 8.31. The SMILES string of the molecule is COS(=O)(=O)OS(C)(C)c1ccc(OC(=O)N(C)C)cc1. The van der Waals surface area contributed by atoms with Crippen LogP contribution >= 0.6 is 10.3 Å². The van der Waals surface area contributed by atoms with Crippen molar-refractivity contribution in [3.63, 3.8) is 0 Å². The van der Waals surface area contributed by atoms with Crippen molar-refractivity contribution < 1.29 is 25.8 Å². The molecule has 120 valence electrons. The van der Waals surface area contributed by atoms with Crippen molar-refractivity contribution in [3.8, 4) is 5.75 Å². The molecule has 1 aromatic carbocycles. The molecule has 21 heavy (non-hydrogen) atoms. The third-order valence-corrected chi connectivity index (χ3v) is 6.26. The molecule has 7 nitrogen and oxygen atoms in total. The van der Waals surface area contributed by atoms with Gasteiger partial charge in [0.2, 0.25) is 0 Å². The van der Waals surface area contributed by atoms with E-state index in [0.717, 1.165) is 7.11 Å². The van der Waals surface area contributed by atoms with E-state index in [9.17, 15) is 13.2 Å². The Bertz CT molecular complexity index is 595.